The van der Waals surface area contributed by atoms with E-state index >= 15 is 0 Å². The van der Waals surface area contributed by atoms with Gasteiger partial charge in [0.25, 0.3) is 0 Å². The SMILES string of the molecule is CC12CCC(CCOc3cccc(-c4ccccc4)c3)(O1)C1C(=O)N(c3ccc4ccccc4c3C#N)C(=O)C12. The third-order valence-corrected chi connectivity index (χ3v) is 9.01. The summed E-state index contributed by atoms with van der Waals surface area (Å²) < 4.78 is 12.8. The molecule has 3 saturated heterocycles. The lowest BCUT2D eigenvalue weighted by atomic mass is 9.67. The fourth-order valence-corrected chi connectivity index (χ4v) is 7.15. The Kier molecular flexibility index (Phi) is 5.55. The zero-order chi connectivity index (χ0) is 27.5. The summed E-state index contributed by atoms with van der Waals surface area (Å²) in [6, 6.07) is 31.4. The number of benzene rings is 4. The van der Waals surface area contributed by atoms with E-state index in [0.29, 0.717) is 37.1 Å². The second kappa shape index (κ2) is 9.04. The van der Waals surface area contributed by atoms with Crippen molar-refractivity contribution in [3.8, 4) is 22.9 Å². The highest BCUT2D eigenvalue weighted by Gasteiger charge is 2.74. The maximum absolute atomic E-state index is 14.0. The first-order valence-corrected chi connectivity index (χ1v) is 13.7. The van der Waals surface area contributed by atoms with Gasteiger partial charge >= 0.3 is 0 Å². The van der Waals surface area contributed by atoms with Crippen LogP contribution in [0.4, 0.5) is 5.69 Å². The van der Waals surface area contributed by atoms with Crippen LogP contribution in [0.15, 0.2) is 91.0 Å². The van der Waals surface area contributed by atoms with Gasteiger partial charge in [-0.05, 0) is 54.5 Å². The van der Waals surface area contributed by atoms with Gasteiger partial charge < -0.3 is 9.47 Å². The summed E-state index contributed by atoms with van der Waals surface area (Å²) in [6.45, 7) is 2.31. The van der Waals surface area contributed by atoms with E-state index in [1.54, 1.807) is 6.07 Å². The molecule has 198 valence electrons. The average Bonchev–Trinajstić information content (AvgIpc) is 3.57. The molecule has 3 aliphatic heterocycles. The molecule has 0 N–H and O–H groups in total. The van der Waals surface area contributed by atoms with Gasteiger partial charge in [-0.1, -0.05) is 72.8 Å². The summed E-state index contributed by atoms with van der Waals surface area (Å²) in [5, 5.41) is 11.7. The summed E-state index contributed by atoms with van der Waals surface area (Å²) in [5.74, 6) is -0.985. The lowest BCUT2D eigenvalue weighted by molar-refractivity contribution is -0.131. The number of rotatable bonds is 6. The number of nitriles is 1. The first kappa shape index (κ1) is 24.6. The molecule has 6 nitrogen and oxygen atoms in total. The number of hydrogen-bond donors (Lipinski definition) is 0. The highest BCUT2D eigenvalue weighted by atomic mass is 16.5. The van der Waals surface area contributed by atoms with Crippen molar-refractivity contribution in [1.82, 2.24) is 0 Å². The van der Waals surface area contributed by atoms with E-state index in [-0.39, 0.29) is 11.8 Å². The highest BCUT2D eigenvalue weighted by molar-refractivity contribution is 6.24. The van der Waals surface area contributed by atoms with Gasteiger partial charge in [0.1, 0.15) is 11.8 Å². The zero-order valence-electron chi connectivity index (χ0n) is 22.2. The van der Waals surface area contributed by atoms with E-state index in [2.05, 4.69) is 18.2 Å². The standard InChI is InChI=1S/C34H28N2O4/c1-33-16-17-34(40-33,18-19-39-25-12-7-11-24(20-25)22-8-3-2-4-9-22)30-29(33)31(37)36(32(30)38)28-15-14-23-10-5-6-13-26(23)27(28)21-35/h2-15,20,29-30H,16-19H2,1H3. The van der Waals surface area contributed by atoms with Gasteiger partial charge in [0.2, 0.25) is 11.8 Å². The predicted molar refractivity (Wildman–Crippen MR) is 152 cm³/mol. The summed E-state index contributed by atoms with van der Waals surface area (Å²) in [5.41, 5.74) is 1.38. The number of ether oxygens (including phenoxy) is 2. The fourth-order valence-electron chi connectivity index (χ4n) is 7.15. The smallest absolute Gasteiger partial charge is 0.240 e. The molecule has 6 heteroatoms. The van der Waals surface area contributed by atoms with Crippen LogP contribution in [0.1, 0.15) is 31.7 Å². The Morgan fingerprint density at radius 2 is 1.65 bits per heavy atom. The van der Waals surface area contributed by atoms with Gasteiger partial charge in [-0.3, -0.25) is 9.59 Å². The zero-order valence-corrected chi connectivity index (χ0v) is 22.2. The van der Waals surface area contributed by atoms with Gasteiger partial charge in [-0.25, -0.2) is 4.90 Å². The van der Waals surface area contributed by atoms with Crippen molar-refractivity contribution in [2.24, 2.45) is 11.8 Å². The van der Waals surface area contributed by atoms with Crippen LogP contribution in [0.25, 0.3) is 21.9 Å². The largest absolute Gasteiger partial charge is 0.493 e. The molecule has 4 atom stereocenters. The maximum Gasteiger partial charge on any atom is 0.240 e. The number of hydrogen-bond acceptors (Lipinski definition) is 5. The number of anilines is 1. The first-order chi connectivity index (χ1) is 19.4. The van der Waals surface area contributed by atoms with E-state index in [1.165, 1.54) is 4.90 Å². The number of nitrogens with zero attached hydrogens (tertiary/aromatic N) is 2. The molecule has 3 aliphatic rings. The summed E-state index contributed by atoms with van der Waals surface area (Å²) in [7, 11) is 0. The van der Waals surface area contributed by atoms with Crippen molar-refractivity contribution in [2.45, 2.75) is 37.4 Å². The predicted octanol–water partition coefficient (Wildman–Crippen LogP) is 6.27. The van der Waals surface area contributed by atoms with Crippen molar-refractivity contribution in [3.63, 3.8) is 0 Å². The molecule has 3 heterocycles. The minimum absolute atomic E-state index is 0.276. The quantitative estimate of drug-likeness (QED) is 0.276. The Balaban J connectivity index is 1.16. The van der Waals surface area contributed by atoms with Crippen LogP contribution in [0, 0.1) is 23.2 Å². The maximum atomic E-state index is 14.0. The number of fused-ring (bicyclic) bond motifs is 6. The van der Waals surface area contributed by atoms with Crippen LogP contribution in [-0.4, -0.2) is 29.6 Å². The Morgan fingerprint density at radius 3 is 2.48 bits per heavy atom. The molecule has 7 rings (SSSR count). The van der Waals surface area contributed by atoms with Crippen LogP contribution >= 0.6 is 0 Å². The number of imide groups is 1. The van der Waals surface area contributed by atoms with Gasteiger partial charge in [-0.15, -0.1) is 0 Å². The normalized spacial score (nSPS) is 26.8. The molecule has 0 saturated carbocycles. The van der Waals surface area contributed by atoms with Crippen molar-refractivity contribution < 1.29 is 19.1 Å². The monoisotopic (exact) mass is 528 g/mol. The number of carbonyl (C=O) groups is 2. The van der Waals surface area contributed by atoms with Crippen molar-refractivity contribution in [2.75, 3.05) is 11.5 Å². The van der Waals surface area contributed by atoms with E-state index in [0.717, 1.165) is 27.6 Å². The third-order valence-electron chi connectivity index (χ3n) is 9.01. The Labute approximate surface area is 232 Å². The molecule has 0 spiro atoms. The van der Waals surface area contributed by atoms with E-state index < -0.39 is 23.0 Å². The second-order valence-electron chi connectivity index (χ2n) is 11.2. The van der Waals surface area contributed by atoms with Crippen molar-refractivity contribution in [3.05, 3.63) is 96.6 Å². The summed E-state index contributed by atoms with van der Waals surface area (Å²) in [6.07, 6.45) is 1.89. The molecule has 3 fully saturated rings. The second-order valence-corrected chi connectivity index (χ2v) is 11.2. The number of carbonyl (C=O) groups excluding carboxylic acids is 2. The highest BCUT2D eigenvalue weighted by Crippen LogP contribution is 2.62. The summed E-state index contributed by atoms with van der Waals surface area (Å²) >= 11 is 0. The Morgan fingerprint density at radius 1 is 0.900 bits per heavy atom. The lowest BCUT2D eigenvalue weighted by Crippen LogP contribution is -2.43. The van der Waals surface area contributed by atoms with Gasteiger partial charge in [0.05, 0.1) is 40.9 Å². The topological polar surface area (TPSA) is 79.6 Å². The van der Waals surface area contributed by atoms with Crippen LogP contribution in [0.5, 0.6) is 5.75 Å². The summed E-state index contributed by atoms with van der Waals surface area (Å²) in [4.78, 5) is 29.2. The van der Waals surface area contributed by atoms with Crippen molar-refractivity contribution in [1.29, 1.82) is 5.26 Å². The molecular formula is C34H28N2O4. The van der Waals surface area contributed by atoms with Gasteiger partial charge in [0.15, 0.2) is 0 Å². The molecule has 4 aromatic carbocycles. The minimum Gasteiger partial charge on any atom is -0.493 e. The molecule has 0 aromatic heterocycles. The van der Waals surface area contributed by atoms with Crippen molar-refractivity contribution >= 4 is 28.3 Å². The molecule has 2 amide bonds. The van der Waals surface area contributed by atoms with E-state index in [4.69, 9.17) is 9.47 Å². The van der Waals surface area contributed by atoms with E-state index in [9.17, 15) is 14.9 Å². The first-order valence-electron chi connectivity index (χ1n) is 13.7. The molecule has 0 aliphatic carbocycles. The lowest BCUT2D eigenvalue weighted by Gasteiger charge is -2.31. The van der Waals surface area contributed by atoms with Crippen LogP contribution in [-0.2, 0) is 14.3 Å². The van der Waals surface area contributed by atoms with Crippen LogP contribution in [0.3, 0.4) is 0 Å². The third kappa shape index (κ3) is 3.58. The Bertz CT molecular complexity index is 1710. The van der Waals surface area contributed by atoms with E-state index in [1.807, 2.05) is 79.7 Å². The number of amides is 2. The fraction of sp³-hybridized carbons (Fsp3) is 0.265. The molecule has 0 radical (unpaired) electrons. The molecule has 4 unspecified atom stereocenters. The minimum atomic E-state index is -0.776. The molecular weight excluding hydrogens is 500 g/mol. The van der Waals surface area contributed by atoms with Crippen LogP contribution < -0.4 is 9.64 Å². The van der Waals surface area contributed by atoms with Crippen LogP contribution in [0.2, 0.25) is 0 Å². The Hall–Kier alpha value is -4.47. The molecule has 4 aromatic rings. The van der Waals surface area contributed by atoms with Gasteiger partial charge in [0, 0.05) is 11.8 Å². The molecule has 40 heavy (non-hydrogen) atoms. The van der Waals surface area contributed by atoms with Gasteiger partial charge in [-0.2, -0.15) is 5.26 Å². The average molecular weight is 529 g/mol. The molecule has 2 bridgehead atoms.